The molecule has 0 fully saturated rings. The normalized spacial score (nSPS) is 10.7. The summed E-state index contributed by atoms with van der Waals surface area (Å²) >= 11 is 1.59. The summed E-state index contributed by atoms with van der Waals surface area (Å²) < 4.78 is 13.1. The van der Waals surface area contributed by atoms with Crippen molar-refractivity contribution in [3.05, 3.63) is 60.2 Å². The number of hydrogen-bond donors (Lipinski definition) is 2. The van der Waals surface area contributed by atoms with Crippen LogP contribution in [0.2, 0.25) is 0 Å². The molecule has 2 aromatic carbocycles. The minimum Gasteiger partial charge on any atom is -0.490 e. The fourth-order valence-electron chi connectivity index (χ4n) is 3.01. The SMILES string of the molecule is CCOc1ccc(NC(=O)Nc2ccc(-c3cn4ccsc4n3)cc2)cc1OCC. The monoisotopic (exact) mass is 422 g/mol. The van der Waals surface area contributed by atoms with Gasteiger partial charge in [0.15, 0.2) is 16.5 Å². The number of ether oxygens (including phenoxy) is 2. The van der Waals surface area contributed by atoms with Crippen molar-refractivity contribution in [3.8, 4) is 22.8 Å². The van der Waals surface area contributed by atoms with Crippen molar-refractivity contribution in [2.45, 2.75) is 13.8 Å². The Morgan fingerprint density at radius 1 is 1.00 bits per heavy atom. The number of hydrogen-bond acceptors (Lipinski definition) is 5. The van der Waals surface area contributed by atoms with Crippen molar-refractivity contribution in [2.75, 3.05) is 23.8 Å². The van der Waals surface area contributed by atoms with Crippen molar-refractivity contribution in [3.63, 3.8) is 0 Å². The lowest BCUT2D eigenvalue weighted by molar-refractivity contribution is 0.262. The summed E-state index contributed by atoms with van der Waals surface area (Å²) in [5, 5.41) is 7.65. The zero-order valence-corrected chi connectivity index (χ0v) is 17.5. The van der Waals surface area contributed by atoms with Gasteiger partial charge in [-0.15, -0.1) is 11.3 Å². The second-order valence-electron chi connectivity index (χ2n) is 6.40. The molecule has 0 saturated heterocycles. The lowest BCUT2D eigenvalue weighted by Gasteiger charge is -2.13. The third-order valence-electron chi connectivity index (χ3n) is 4.33. The smallest absolute Gasteiger partial charge is 0.323 e. The molecule has 7 nitrogen and oxygen atoms in total. The van der Waals surface area contributed by atoms with Crippen LogP contribution in [-0.2, 0) is 0 Å². The van der Waals surface area contributed by atoms with E-state index in [0.717, 1.165) is 16.2 Å². The van der Waals surface area contributed by atoms with Crippen LogP contribution in [0.15, 0.2) is 60.2 Å². The number of imidazole rings is 1. The van der Waals surface area contributed by atoms with Crippen LogP contribution >= 0.6 is 11.3 Å². The van der Waals surface area contributed by atoms with Crippen molar-refractivity contribution in [1.82, 2.24) is 9.38 Å². The molecule has 2 heterocycles. The molecule has 154 valence electrons. The number of urea groups is 1. The van der Waals surface area contributed by atoms with E-state index >= 15 is 0 Å². The molecule has 0 aliphatic rings. The van der Waals surface area contributed by atoms with Gasteiger partial charge in [0, 0.05) is 40.8 Å². The number of carbonyl (C=O) groups is 1. The van der Waals surface area contributed by atoms with E-state index in [1.54, 1.807) is 29.5 Å². The molecule has 0 atom stereocenters. The van der Waals surface area contributed by atoms with Gasteiger partial charge in [-0.3, -0.25) is 4.40 Å². The highest BCUT2D eigenvalue weighted by Crippen LogP contribution is 2.30. The molecule has 0 aliphatic heterocycles. The Bertz CT molecular complexity index is 1120. The van der Waals surface area contributed by atoms with Crippen molar-refractivity contribution < 1.29 is 14.3 Å². The summed E-state index contributed by atoms with van der Waals surface area (Å²) in [4.78, 5) is 17.9. The summed E-state index contributed by atoms with van der Waals surface area (Å²) in [7, 11) is 0. The number of rotatable bonds is 7. The van der Waals surface area contributed by atoms with Crippen LogP contribution < -0.4 is 20.1 Å². The van der Waals surface area contributed by atoms with E-state index < -0.39 is 0 Å². The third-order valence-corrected chi connectivity index (χ3v) is 5.10. The Balaban J connectivity index is 1.41. The Hall–Kier alpha value is -3.52. The van der Waals surface area contributed by atoms with Gasteiger partial charge in [-0.2, -0.15) is 0 Å². The van der Waals surface area contributed by atoms with Crippen LogP contribution in [0.5, 0.6) is 11.5 Å². The molecule has 30 heavy (non-hydrogen) atoms. The molecule has 0 spiro atoms. The first-order valence-electron chi connectivity index (χ1n) is 9.66. The van der Waals surface area contributed by atoms with E-state index in [1.165, 1.54) is 0 Å². The fraction of sp³-hybridized carbons (Fsp3) is 0.182. The first kappa shape index (κ1) is 19.8. The van der Waals surface area contributed by atoms with Crippen LogP contribution in [0.3, 0.4) is 0 Å². The Kier molecular flexibility index (Phi) is 5.85. The second kappa shape index (κ2) is 8.87. The minimum absolute atomic E-state index is 0.336. The molecule has 0 unspecified atom stereocenters. The van der Waals surface area contributed by atoms with Gasteiger partial charge < -0.3 is 20.1 Å². The Morgan fingerprint density at radius 3 is 2.43 bits per heavy atom. The number of aromatic nitrogens is 2. The van der Waals surface area contributed by atoms with Gasteiger partial charge in [-0.1, -0.05) is 12.1 Å². The van der Waals surface area contributed by atoms with Crippen LogP contribution in [0.25, 0.3) is 16.2 Å². The predicted molar refractivity (Wildman–Crippen MR) is 120 cm³/mol. The van der Waals surface area contributed by atoms with Gasteiger partial charge in [-0.05, 0) is 38.1 Å². The number of carbonyl (C=O) groups excluding carboxylic acids is 1. The topological polar surface area (TPSA) is 76.9 Å². The van der Waals surface area contributed by atoms with Gasteiger partial charge in [0.2, 0.25) is 0 Å². The van der Waals surface area contributed by atoms with E-state index in [9.17, 15) is 4.79 Å². The summed E-state index contributed by atoms with van der Waals surface area (Å²) in [6.45, 7) is 4.87. The lowest BCUT2D eigenvalue weighted by atomic mass is 10.1. The van der Waals surface area contributed by atoms with Crippen LogP contribution in [0.4, 0.5) is 16.2 Å². The quantitative estimate of drug-likeness (QED) is 0.412. The number of anilines is 2. The maximum absolute atomic E-state index is 12.4. The predicted octanol–water partition coefficient (Wildman–Crippen LogP) is 5.50. The standard InChI is InChI=1S/C22H22N4O3S/c1-3-28-19-10-9-17(13-20(19)29-4-2)24-21(27)23-16-7-5-15(6-8-16)18-14-26-11-12-30-22(26)25-18/h5-14H,3-4H2,1-2H3,(H2,23,24,27). The van der Waals surface area contributed by atoms with Crippen molar-refractivity contribution in [2.24, 2.45) is 0 Å². The summed E-state index contributed by atoms with van der Waals surface area (Å²) in [6, 6.07) is 12.6. The molecule has 2 amide bonds. The van der Waals surface area contributed by atoms with Crippen molar-refractivity contribution >= 4 is 33.7 Å². The van der Waals surface area contributed by atoms with Crippen molar-refractivity contribution in [1.29, 1.82) is 0 Å². The first-order chi connectivity index (χ1) is 14.7. The lowest BCUT2D eigenvalue weighted by Crippen LogP contribution is -2.19. The number of nitrogens with one attached hydrogen (secondary N) is 2. The number of amides is 2. The van der Waals surface area contributed by atoms with Crippen LogP contribution in [0.1, 0.15) is 13.8 Å². The molecule has 2 aromatic heterocycles. The maximum Gasteiger partial charge on any atom is 0.323 e. The Morgan fingerprint density at radius 2 is 1.70 bits per heavy atom. The zero-order chi connectivity index (χ0) is 20.9. The number of benzene rings is 2. The van der Waals surface area contributed by atoms with Gasteiger partial charge >= 0.3 is 6.03 Å². The molecule has 0 radical (unpaired) electrons. The zero-order valence-electron chi connectivity index (χ0n) is 16.7. The number of thiazole rings is 1. The first-order valence-corrected chi connectivity index (χ1v) is 10.5. The molecule has 0 aliphatic carbocycles. The van der Waals surface area contributed by atoms with Gasteiger partial charge in [0.1, 0.15) is 0 Å². The second-order valence-corrected chi connectivity index (χ2v) is 7.28. The Labute approximate surface area is 178 Å². The largest absolute Gasteiger partial charge is 0.490 e. The molecule has 8 heteroatoms. The summed E-state index contributed by atoms with van der Waals surface area (Å²) in [6.07, 6.45) is 3.97. The van der Waals surface area contributed by atoms with E-state index in [-0.39, 0.29) is 6.03 Å². The van der Waals surface area contributed by atoms with Gasteiger partial charge in [0.05, 0.1) is 18.9 Å². The number of nitrogens with zero attached hydrogens (tertiary/aromatic N) is 2. The van der Waals surface area contributed by atoms with E-state index in [2.05, 4.69) is 15.6 Å². The average molecular weight is 423 g/mol. The molecule has 0 bridgehead atoms. The van der Waals surface area contributed by atoms with Crippen LogP contribution in [-0.4, -0.2) is 28.6 Å². The highest BCUT2D eigenvalue weighted by molar-refractivity contribution is 7.15. The highest BCUT2D eigenvalue weighted by atomic mass is 32.1. The summed E-state index contributed by atoms with van der Waals surface area (Å²) in [5.41, 5.74) is 3.20. The molecular weight excluding hydrogens is 400 g/mol. The molecular formula is C22H22N4O3S. The summed E-state index contributed by atoms with van der Waals surface area (Å²) in [5.74, 6) is 1.25. The van der Waals surface area contributed by atoms with Gasteiger partial charge in [-0.25, -0.2) is 9.78 Å². The average Bonchev–Trinajstić information content (AvgIpc) is 3.33. The third kappa shape index (κ3) is 4.38. The minimum atomic E-state index is -0.336. The van der Waals surface area contributed by atoms with E-state index in [1.807, 2.05) is 60.3 Å². The maximum atomic E-state index is 12.4. The molecule has 4 aromatic rings. The highest BCUT2D eigenvalue weighted by Gasteiger charge is 2.10. The van der Waals surface area contributed by atoms with E-state index in [4.69, 9.17) is 9.47 Å². The molecule has 0 saturated carbocycles. The fourth-order valence-corrected chi connectivity index (χ4v) is 3.71. The van der Waals surface area contributed by atoms with Crippen LogP contribution in [0, 0.1) is 0 Å². The molecule has 2 N–H and O–H groups in total. The molecule has 4 rings (SSSR count). The van der Waals surface area contributed by atoms with E-state index in [0.29, 0.717) is 36.1 Å². The van der Waals surface area contributed by atoms with Gasteiger partial charge in [0.25, 0.3) is 0 Å². The number of fused-ring (bicyclic) bond motifs is 1.